The molecule has 0 saturated heterocycles. The highest BCUT2D eigenvalue weighted by Crippen LogP contribution is 2.30. The lowest BCUT2D eigenvalue weighted by molar-refractivity contribution is -0.385. The van der Waals surface area contributed by atoms with Crippen molar-refractivity contribution < 1.29 is 18.3 Å². The smallest absolute Gasteiger partial charge is 0.258 e. The molecule has 0 bridgehead atoms. The summed E-state index contributed by atoms with van der Waals surface area (Å²) in [5, 5.41) is 23.4. The molecule has 0 saturated carbocycles. The molecule has 10 nitrogen and oxygen atoms in total. The average Bonchev–Trinajstić information content (AvgIpc) is 3.09. The molecule has 0 aliphatic heterocycles. The van der Waals surface area contributed by atoms with Crippen molar-refractivity contribution in [3.63, 3.8) is 0 Å². The minimum atomic E-state index is -3.99. The molecule has 0 fully saturated rings. The monoisotopic (exact) mass is 420 g/mol. The number of aryl methyl sites for hydroxylation is 1. The van der Waals surface area contributed by atoms with Crippen molar-refractivity contribution in [2.24, 2.45) is 0 Å². The van der Waals surface area contributed by atoms with Crippen LogP contribution in [0.15, 0.2) is 52.7 Å². The fraction of sp³-hybridized carbons (Fsp3) is 0.0625. The summed E-state index contributed by atoms with van der Waals surface area (Å²) >= 11 is 1.01. The second-order valence-corrected chi connectivity index (χ2v) is 8.19. The highest BCUT2D eigenvalue weighted by Gasteiger charge is 2.19. The molecular weight excluding hydrogens is 408 g/mol. The van der Waals surface area contributed by atoms with Gasteiger partial charge >= 0.3 is 0 Å². The molecule has 0 radical (unpaired) electrons. The number of rotatable bonds is 6. The van der Waals surface area contributed by atoms with Gasteiger partial charge in [0.15, 0.2) is 5.13 Å². The molecule has 0 spiro atoms. The molecule has 0 amide bonds. The van der Waals surface area contributed by atoms with E-state index in [4.69, 9.17) is 0 Å². The molecule has 0 atom stereocenters. The zero-order chi connectivity index (χ0) is 20.5. The van der Waals surface area contributed by atoms with E-state index in [0.29, 0.717) is 16.8 Å². The average molecular weight is 420 g/mol. The van der Waals surface area contributed by atoms with Crippen molar-refractivity contribution in [3.8, 4) is 11.3 Å². The number of hydrogen-bond donors (Lipinski definition) is 1. The SMILES string of the molecule is Cc1ccc(-c2csc(NS(=O)(=O)c3ccc([N+](=O)[O-])cc3)n2)cc1[N+](=O)[O-]. The lowest BCUT2D eigenvalue weighted by Gasteiger charge is -2.05. The molecule has 0 aliphatic carbocycles. The van der Waals surface area contributed by atoms with E-state index >= 15 is 0 Å². The molecule has 1 aromatic heterocycles. The summed E-state index contributed by atoms with van der Waals surface area (Å²) in [5.74, 6) is 0. The Bertz CT molecular complexity index is 1170. The summed E-state index contributed by atoms with van der Waals surface area (Å²) < 4.78 is 27.1. The fourth-order valence-corrected chi connectivity index (χ4v) is 4.31. The summed E-state index contributed by atoms with van der Waals surface area (Å²) in [6.45, 7) is 1.62. The standard InChI is InChI=1S/C16H12N4O6S2/c1-10-2-3-11(8-15(10)20(23)24)14-9-27-16(17-14)18-28(25,26)13-6-4-12(5-7-13)19(21)22/h2-9H,1H3,(H,17,18). The van der Waals surface area contributed by atoms with E-state index in [1.807, 2.05) is 0 Å². The van der Waals surface area contributed by atoms with Gasteiger partial charge in [0.05, 0.1) is 20.4 Å². The van der Waals surface area contributed by atoms with E-state index in [1.165, 1.54) is 6.07 Å². The number of benzene rings is 2. The molecule has 1 heterocycles. The number of non-ortho nitro benzene ring substituents is 1. The molecular formula is C16H12N4O6S2. The van der Waals surface area contributed by atoms with Gasteiger partial charge in [0.1, 0.15) is 0 Å². The number of nitro benzene ring substituents is 2. The van der Waals surface area contributed by atoms with Crippen LogP contribution < -0.4 is 4.72 Å². The Kier molecular flexibility index (Phi) is 5.07. The van der Waals surface area contributed by atoms with Gasteiger partial charge in [0.25, 0.3) is 21.4 Å². The lowest BCUT2D eigenvalue weighted by atomic mass is 10.1. The lowest BCUT2D eigenvalue weighted by Crippen LogP contribution is -2.12. The van der Waals surface area contributed by atoms with Crippen LogP contribution in [-0.2, 0) is 10.0 Å². The van der Waals surface area contributed by atoms with Crippen LogP contribution in [0.4, 0.5) is 16.5 Å². The number of hydrogen-bond acceptors (Lipinski definition) is 8. The van der Waals surface area contributed by atoms with Gasteiger partial charge in [-0.1, -0.05) is 12.1 Å². The number of nitrogens with zero attached hydrogens (tertiary/aromatic N) is 3. The van der Waals surface area contributed by atoms with Gasteiger partial charge in [-0.3, -0.25) is 25.0 Å². The van der Waals surface area contributed by atoms with E-state index < -0.39 is 19.9 Å². The van der Waals surface area contributed by atoms with Gasteiger partial charge < -0.3 is 0 Å². The Labute approximate surface area is 162 Å². The van der Waals surface area contributed by atoms with Crippen molar-refractivity contribution >= 4 is 37.9 Å². The maximum absolute atomic E-state index is 12.4. The molecule has 144 valence electrons. The topological polar surface area (TPSA) is 145 Å². The minimum absolute atomic E-state index is 0.0569. The van der Waals surface area contributed by atoms with Crippen molar-refractivity contribution in [1.29, 1.82) is 0 Å². The predicted octanol–water partition coefficient (Wildman–Crippen LogP) is 3.74. The summed E-state index contributed by atoms with van der Waals surface area (Å²) in [5.41, 5.74) is 1.09. The molecule has 3 aromatic rings. The summed E-state index contributed by atoms with van der Waals surface area (Å²) in [6, 6.07) is 9.05. The van der Waals surface area contributed by atoms with Gasteiger partial charge in [-0.2, -0.15) is 0 Å². The second kappa shape index (κ2) is 7.32. The zero-order valence-electron chi connectivity index (χ0n) is 14.2. The molecule has 0 unspecified atom stereocenters. The van der Waals surface area contributed by atoms with Gasteiger partial charge in [-0.25, -0.2) is 13.4 Å². The Balaban J connectivity index is 1.85. The summed E-state index contributed by atoms with van der Waals surface area (Å²) in [7, 11) is -3.99. The Morgan fingerprint density at radius 2 is 1.71 bits per heavy atom. The number of nitrogens with one attached hydrogen (secondary N) is 1. The maximum atomic E-state index is 12.4. The first kappa shape index (κ1) is 19.4. The van der Waals surface area contributed by atoms with E-state index in [-0.39, 0.29) is 21.4 Å². The molecule has 3 rings (SSSR count). The van der Waals surface area contributed by atoms with E-state index in [1.54, 1.807) is 24.4 Å². The molecule has 2 aromatic carbocycles. The van der Waals surface area contributed by atoms with Crippen LogP contribution in [0.2, 0.25) is 0 Å². The van der Waals surface area contributed by atoms with Crippen LogP contribution in [0, 0.1) is 27.2 Å². The zero-order valence-corrected chi connectivity index (χ0v) is 15.9. The number of anilines is 1. The van der Waals surface area contributed by atoms with Crippen molar-refractivity contribution in [3.05, 3.63) is 73.6 Å². The first-order valence-electron chi connectivity index (χ1n) is 7.65. The third-order valence-electron chi connectivity index (χ3n) is 3.79. The van der Waals surface area contributed by atoms with Crippen LogP contribution in [-0.4, -0.2) is 23.2 Å². The highest BCUT2D eigenvalue weighted by atomic mass is 32.2. The highest BCUT2D eigenvalue weighted by molar-refractivity contribution is 7.93. The summed E-state index contributed by atoms with van der Waals surface area (Å²) in [4.78, 5) is 24.6. The van der Waals surface area contributed by atoms with Crippen LogP contribution in [0.3, 0.4) is 0 Å². The Hall–Kier alpha value is -3.38. The number of thiazole rings is 1. The molecule has 1 N–H and O–H groups in total. The number of nitro groups is 2. The van der Waals surface area contributed by atoms with Gasteiger partial charge in [0.2, 0.25) is 0 Å². The predicted molar refractivity (Wildman–Crippen MR) is 103 cm³/mol. The maximum Gasteiger partial charge on any atom is 0.272 e. The summed E-state index contributed by atoms with van der Waals surface area (Å²) in [6.07, 6.45) is 0. The van der Waals surface area contributed by atoms with Gasteiger partial charge in [-0.05, 0) is 19.1 Å². The second-order valence-electron chi connectivity index (χ2n) is 5.65. The van der Waals surface area contributed by atoms with E-state index in [0.717, 1.165) is 35.6 Å². The Morgan fingerprint density at radius 1 is 1.04 bits per heavy atom. The Morgan fingerprint density at radius 3 is 2.32 bits per heavy atom. The van der Waals surface area contributed by atoms with Crippen molar-refractivity contribution in [2.75, 3.05) is 4.72 Å². The van der Waals surface area contributed by atoms with Crippen LogP contribution in [0.5, 0.6) is 0 Å². The third kappa shape index (κ3) is 3.97. The number of aromatic nitrogens is 1. The van der Waals surface area contributed by atoms with E-state index in [9.17, 15) is 28.6 Å². The van der Waals surface area contributed by atoms with Crippen molar-refractivity contribution in [1.82, 2.24) is 4.98 Å². The van der Waals surface area contributed by atoms with Gasteiger partial charge in [-0.15, -0.1) is 11.3 Å². The number of sulfonamides is 1. The quantitative estimate of drug-likeness (QED) is 0.472. The molecule has 28 heavy (non-hydrogen) atoms. The third-order valence-corrected chi connectivity index (χ3v) is 6.03. The minimum Gasteiger partial charge on any atom is -0.258 e. The first-order chi connectivity index (χ1) is 13.2. The van der Waals surface area contributed by atoms with Crippen LogP contribution >= 0.6 is 11.3 Å². The fourth-order valence-electron chi connectivity index (χ4n) is 2.34. The molecule has 12 heteroatoms. The van der Waals surface area contributed by atoms with Crippen LogP contribution in [0.25, 0.3) is 11.3 Å². The first-order valence-corrected chi connectivity index (χ1v) is 10.0. The van der Waals surface area contributed by atoms with Gasteiger partial charge in [0, 0.05) is 34.7 Å². The van der Waals surface area contributed by atoms with Crippen LogP contribution in [0.1, 0.15) is 5.56 Å². The van der Waals surface area contributed by atoms with E-state index in [2.05, 4.69) is 9.71 Å². The van der Waals surface area contributed by atoms with Crippen molar-refractivity contribution in [2.45, 2.75) is 11.8 Å². The largest absolute Gasteiger partial charge is 0.272 e. The molecule has 0 aliphatic rings. The normalized spacial score (nSPS) is 11.2.